The van der Waals surface area contributed by atoms with E-state index in [0.29, 0.717) is 37.6 Å². The lowest BCUT2D eigenvalue weighted by Gasteiger charge is -2.40. The number of rotatable bonds is 3. The van der Waals surface area contributed by atoms with E-state index in [0.717, 1.165) is 19.4 Å². The van der Waals surface area contributed by atoms with Gasteiger partial charge in [-0.3, -0.25) is 4.79 Å². The number of aromatic nitrogens is 1. The molecular formula is C14H23ClN4O4S. The Morgan fingerprint density at radius 2 is 2.04 bits per heavy atom. The van der Waals surface area contributed by atoms with Crippen LogP contribution in [0.25, 0.3) is 0 Å². The Hall–Kier alpha value is -1.16. The second kappa shape index (κ2) is 7.38. The highest BCUT2D eigenvalue weighted by atomic mass is 35.5. The highest BCUT2D eigenvalue weighted by Crippen LogP contribution is 2.27. The maximum atomic E-state index is 12.9. The summed E-state index contributed by atoms with van der Waals surface area (Å²) in [5, 5.41) is 6.78. The largest absolute Gasteiger partial charge is 0.360 e. The van der Waals surface area contributed by atoms with Crippen molar-refractivity contribution < 1.29 is 17.7 Å². The molecule has 2 aliphatic rings. The average molecular weight is 379 g/mol. The van der Waals surface area contributed by atoms with Crippen LogP contribution in [0.5, 0.6) is 0 Å². The molecule has 1 amide bonds. The zero-order valence-electron chi connectivity index (χ0n) is 13.8. The Balaban J connectivity index is 0.00000208. The van der Waals surface area contributed by atoms with Crippen molar-refractivity contribution in [1.29, 1.82) is 0 Å². The highest BCUT2D eigenvalue weighted by molar-refractivity contribution is 7.89. The molecule has 1 aromatic rings. The van der Waals surface area contributed by atoms with E-state index in [1.807, 2.05) is 4.90 Å². The molecule has 1 aromatic heterocycles. The first-order valence-corrected chi connectivity index (χ1v) is 9.28. The molecule has 10 heteroatoms. The van der Waals surface area contributed by atoms with Gasteiger partial charge in [0, 0.05) is 32.2 Å². The molecule has 0 aromatic carbocycles. The molecule has 0 bridgehead atoms. The molecule has 1 N–H and O–H groups in total. The van der Waals surface area contributed by atoms with Crippen molar-refractivity contribution in [3.05, 3.63) is 11.5 Å². The smallest absolute Gasteiger partial charge is 0.248 e. The summed E-state index contributed by atoms with van der Waals surface area (Å²) in [5.74, 6) is 0.348. The lowest BCUT2D eigenvalue weighted by Crippen LogP contribution is -2.57. The molecule has 0 aliphatic carbocycles. The second-order valence-corrected chi connectivity index (χ2v) is 7.95. The first kappa shape index (κ1) is 19.2. The summed E-state index contributed by atoms with van der Waals surface area (Å²) >= 11 is 0. The number of carbonyl (C=O) groups excluding carboxylic acids is 1. The zero-order valence-corrected chi connectivity index (χ0v) is 15.5. The van der Waals surface area contributed by atoms with Gasteiger partial charge in [0.15, 0.2) is 5.76 Å². The van der Waals surface area contributed by atoms with Crippen LogP contribution in [0.1, 0.15) is 24.3 Å². The van der Waals surface area contributed by atoms with E-state index in [2.05, 4.69) is 10.5 Å². The van der Waals surface area contributed by atoms with E-state index in [-0.39, 0.29) is 29.3 Å². The number of nitrogens with one attached hydrogen (secondary N) is 1. The van der Waals surface area contributed by atoms with Crippen LogP contribution in [0.4, 0.5) is 0 Å². The van der Waals surface area contributed by atoms with Gasteiger partial charge >= 0.3 is 0 Å². The average Bonchev–Trinajstić information content (AvgIpc) is 2.87. The van der Waals surface area contributed by atoms with Crippen molar-refractivity contribution in [3.8, 4) is 0 Å². The third-order valence-electron chi connectivity index (χ3n) is 4.49. The SMILES string of the molecule is Cc1noc(C)c1S(=O)(=O)N1CCCC(N2CCNCC2=O)C1.Cl. The lowest BCUT2D eigenvalue weighted by atomic mass is 10.1. The van der Waals surface area contributed by atoms with E-state index in [1.165, 1.54) is 4.31 Å². The summed E-state index contributed by atoms with van der Waals surface area (Å²) < 4.78 is 32.3. The van der Waals surface area contributed by atoms with Gasteiger partial charge in [-0.1, -0.05) is 5.16 Å². The van der Waals surface area contributed by atoms with Crippen LogP contribution in [0.15, 0.2) is 9.42 Å². The number of piperidine rings is 1. The molecular weight excluding hydrogens is 356 g/mol. The molecule has 2 aliphatic heterocycles. The van der Waals surface area contributed by atoms with Crippen molar-refractivity contribution in [2.24, 2.45) is 0 Å². The van der Waals surface area contributed by atoms with Crippen LogP contribution in [0.3, 0.4) is 0 Å². The van der Waals surface area contributed by atoms with E-state index >= 15 is 0 Å². The number of halogens is 1. The van der Waals surface area contributed by atoms with Gasteiger partial charge in [-0.2, -0.15) is 4.31 Å². The number of nitrogens with zero attached hydrogens (tertiary/aromatic N) is 3. The summed E-state index contributed by atoms with van der Waals surface area (Å²) in [7, 11) is -3.65. The Bertz CT molecular complexity index is 686. The van der Waals surface area contributed by atoms with E-state index in [9.17, 15) is 13.2 Å². The third-order valence-corrected chi connectivity index (χ3v) is 6.60. The summed E-state index contributed by atoms with van der Waals surface area (Å²) in [6.07, 6.45) is 1.57. The predicted molar refractivity (Wildman–Crippen MR) is 89.6 cm³/mol. The molecule has 0 radical (unpaired) electrons. The fourth-order valence-electron chi connectivity index (χ4n) is 3.37. The van der Waals surface area contributed by atoms with Crippen molar-refractivity contribution >= 4 is 28.3 Å². The molecule has 3 rings (SSSR count). The minimum atomic E-state index is -3.65. The number of amides is 1. The molecule has 136 valence electrons. The third kappa shape index (κ3) is 3.44. The van der Waals surface area contributed by atoms with Gasteiger partial charge in [0.2, 0.25) is 15.9 Å². The fraction of sp³-hybridized carbons (Fsp3) is 0.714. The van der Waals surface area contributed by atoms with Crippen molar-refractivity contribution in [2.45, 2.75) is 37.6 Å². The quantitative estimate of drug-likeness (QED) is 0.812. The minimum Gasteiger partial charge on any atom is -0.360 e. The summed E-state index contributed by atoms with van der Waals surface area (Å²) in [4.78, 5) is 14.0. The van der Waals surface area contributed by atoms with E-state index < -0.39 is 10.0 Å². The lowest BCUT2D eigenvalue weighted by molar-refractivity contribution is -0.135. The summed E-state index contributed by atoms with van der Waals surface area (Å²) in [6.45, 7) is 5.73. The first-order chi connectivity index (χ1) is 10.9. The molecule has 1 atom stereocenters. The second-order valence-electron chi connectivity index (χ2n) is 6.08. The van der Waals surface area contributed by atoms with Crippen molar-refractivity contribution in [2.75, 3.05) is 32.7 Å². The minimum absolute atomic E-state index is 0. The molecule has 2 saturated heterocycles. The van der Waals surface area contributed by atoms with Crippen LogP contribution in [-0.4, -0.2) is 67.5 Å². The topological polar surface area (TPSA) is 95.8 Å². The highest BCUT2D eigenvalue weighted by Gasteiger charge is 2.37. The van der Waals surface area contributed by atoms with Crippen LogP contribution in [0.2, 0.25) is 0 Å². The Morgan fingerprint density at radius 3 is 2.67 bits per heavy atom. The Labute approximate surface area is 148 Å². The van der Waals surface area contributed by atoms with Crippen LogP contribution in [-0.2, 0) is 14.8 Å². The molecule has 3 heterocycles. The molecule has 1 unspecified atom stereocenters. The summed E-state index contributed by atoms with van der Waals surface area (Å²) in [5.41, 5.74) is 0.378. The summed E-state index contributed by atoms with van der Waals surface area (Å²) in [6, 6.07) is -0.0615. The Morgan fingerprint density at radius 1 is 1.29 bits per heavy atom. The maximum Gasteiger partial charge on any atom is 0.248 e. The van der Waals surface area contributed by atoms with Gasteiger partial charge in [0.25, 0.3) is 0 Å². The number of carbonyl (C=O) groups is 1. The molecule has 24 heavy (non-hydrogen) atoms. The van der Waals surface area contributed by atoms with Gasteiger partial charge in [-0.05, 0) is 26.7 Å². The van der Waals surface area contributed by atoms with Gasteiger partial charge in [0.05, 0.1) is 6.54 Å². The van der Waals surface area contributed by atoms with Crippen molar-refractivity contribution in [3.63, 3.8) is 0 Å². The number of hydrogen-bond donors (Lipinski definition) is 1. The van der Waals surface area contributed by atoms with Crippen LogP contribution < -0.4 is 5.32 Å². The number of piperazine rings is 1. The molecule has 0 saturated carbocycles. The van der Waals surface area contributed by atoms with Gasteiger partial charge < -0.3 is 14.7 Å². The monoisotopic (exact) mass is 378 g/mol. The molecule has 2 fully saturated rings. The van der Waals surface area contributed by atoms with E-state index in [4.69, 9.17) is 4.52 Å². The van der Waals surface area contributed by atoms with Gasteiger partial charge in [-0.15, -0.1) is 12.4 Å². The van der Waals surface area contributed by atoms with Gasteiger partial charge in [0.1, 0.15) is 10.6 Å². The Kier molecular flexibility index (Phi) is 5.90. The predicted octanol–water partition coefficient (Wildman–Crippen LogP) is 0.298. The van der Waals surface area contributed by atoms with Crippen LogP contribution in [0, 0.1) is 13.8 Å². The van der Waals surface area contributed by atoms with E-state index in [1.54, 1.807) is 13.8 Å². The standard InChI is InChI=1S/C14H22N4O4S.ClH/c1-10-14(11(2)22-16-10)23(20,21)17-6-3-4-12(9-17)18-7-5-15-8-13(18)19;/h12,15H,3-9H2,1-2H3;1H. The zero-order chi connectivity index (χ0) is 16.6. The number of sulfonamides is 1. The molecule has 8 nitrogen and oxygen atoms in total. The first-order valence-electron chi connectivity index (χ1n) is 7.84. The normalized spacial score (nSPS) is 23.2. The van der Waals surface area contributed by atoms with Gasteiger partial charge in [-0.25, -0.2) is 8.42 Å². The van der Waals surface area contributed by atoms with Crippen molar-refractivity contribution in [1.82, 2.24) is 19.7 Å². The molecule has 0 spiro atoms. The number of hydrogen-bond acceptors (Lipinski definition) is 6. The van der Waals surface area contributed by atoms with Crippen LogP contribution >= 0.6 is 12.4 Å². The fourth-order valence-corrected chi connectivity index (χ4v) is 5.18. The number of aryl methyl sites for hydroxylation is 2. The maximum absolute atomic E-state index is 12.9.